The third kappa shape index (κ3) is 4.08. The molecule has 1 aliphatic rings. The summed E-state index contributed by atoms with van der Waals surface area (Å²) >= 11 is 1.61. The maximum absolute atomic E-state index is 13.0. The van der Waals surface area contributed by atoms with Gasteiger partial charge >= 0.3 is 0 Å². The lowest BCUT2D eigenvalue weighted by atomic mass is 10.2. The van der Waals surface area contributed by atoms with Crippen LogP contribution in [0.3, 0.4) is 0 Å². The van der Waals surface area contributed by atoms with Gasteiger partial charge in [0, 0.05) is 45.2 Å². The number of halogens is 1. The van der Waals surface area contributed by atoms with Gasteiger partial charge in [-0.3, -0.25) is 4.90 Å². The molecule has 0 bridgehead atoms. The van der Waals surface area contributed by atoms with Gasteiger partial charge in [0.1, 0.15) is 16.6 Å². The second-order valence-corrected chi connectivity index (χ2v) is 7.51. The lowest BCUT2D eigenvalue weighted by Gasteiger charge is -2.33. The Kier molecular flexibility index (Phi) is 4.94. The van der Waals surface area contributed by atoms with Crippen molar-refractivity contribution in [2.45, 2.75) is 19.9 Å². The first-order valence-electron chi connectivity index (χ1n) is 8.62. The van der Waals surface area contributed by atoms with Crippen molar-refractivity contribution in [3.63, 3.8) is 0 Å². The molecule has 1 saturated heterocycles. The lowest BCUT2D eigenvalue weighted by molar-refractivity contribution is 0.241. The summed E-state index contributed by atoms with van der Waals surface area (Å²) in [5, 5.41) is 14.6. The first-order chi connectivity index (χ1) is 12.7. The Morgan fingerprint density at radius 1 is 1.12 bits per heavy atom. The first-order valence-corrected chi connectivity index (χ1v) is 9.44. The molecule has 3 heterocycles. The lowest BCUT2D eigenvalue weighted by Crippen LogP contribution is -2.46. The van der Waals surface area contributed by atoms with Gasteiger partial charge in [0.25, 0.3) is 0 Å². The summed E-state index contributed by atoms with van der Waals surface area (Å²) in [5.74, 6) is 0.631. The zero-order valence-corrected chi connectivity index (χ0v) is 15.4. The van der Waals surface area contributed by atoms with Crippen LogP contribution >= 0.6 is 11.3 Å². The Labute approximate surface area is 155 Å². The van der Waals surface area contributed by atoms with E-state index in [1.807, 2.05) is 13.0 Å². The average Bonchev–Trinajstić information content (AvgIpc) is 3.27. The minimum atomic E-state index is -0.217. The van der Waals surface area contributed by atoms with E-state index >= 15 is 0 Å². The summed E-state index contributed by atoms with van der Waals surface area (Å²) in [4.78, 5) is 4.64. The Hall–Kier alpha value is -2.32. The van der Waals surface area contributed by atoms with Crippen LogP contribution in [-0.4, -0.2) is 46.4 Å². The van der Waals surface area contributed by atoms with E-state index in [1.165, 1.54) is 12.1 Å². The molecule has 0 atom stereocenters. The molecule has 1 aliphatic heterocycles. The van der Waals surface area contributed by atoms with Gasteiger partial charge in [0.15, 0.2) is 0 Å². The van der Waals surface area contributed by atoms with Crippen LogP contribution in [0.25, 0.3) is 0 Å². The topological polar surface area (TPSA) is 58.3 Å². The highest BCUT2D eigenvalue weighted by atomic mass is 32.1. The van der Waals surface area contributed by atoms with Crippen molar-refractivity contribution in [3.8, 4) is 0 Å². The third-order valence-corrected chi connectivity index (χ3v) is 5.41. The quantitative estimate of drug-likeness (QED) is 0.685. The molecule has 0 N–H and O–H groups in total. The van der Waals surface area contributed by atoms with E-state index in [0.717, 1.165) is 59.9 Å². The smallest absolute Gasteiger partial charge is 0.208 e. The highest BCUT2D eigenvalue weighted by Gasteiger charge is 2.21. The van der Waals surface area contributed by atoms with Crippen LogP contribution in [0.1, 0.15) is 22.0 Å². The predicted molar refractivity (Wildman–Crippen MR) is 97.8 cm³/mol. The van der Waals surface area contributed by atoms with E-state index in [-0.39, 0.29) is 5.82 Å². The second kappa shape index (κ2) is 7.51. The van der Waals surface area contributed by atoms with E-state index in [4.69, 9.17) is 4.52 Å². The van der Waals surface area contributed by atoms with Crippen LogP contribution < -0.4 is 4.90 Å². The zero-order valence-electron chi connectivity index (χ0n) is 14.6. The van der Waals surface area contributed by atoms with E-state index in [9.17, 15) is 4.39 Å². The van der Waals surface area contributed by atoms with Crippen LogP contribution in [0.15, 0.2) is 34.9 Å². The van der Waals surface area contributed by atoms with E-state index in [1.54, 1.807) is 23.5 Å². The van der Waals surface area contributed by atoms with Crippen LogP contribution in [0.2, 0.25) is 0 Å². The number of aromatic nitrogens is 3. The normalized spacial score (nSPS) is 15.5. The molecule has 136 valence electrons. The van der Waals surface area contributed by atoms with Gasteiger partial charge in [-0.1, -0.05) is 28.6 Å². The number of nitrogens with zero attached hydrogens (tertiary/aromatic N) is 5. The summed E-state index contributed by atoms with van der Waals surface area (Å²) in [7, 11) is 0. The third-order valence-electron chi connectivity index (χ3n) is 4.43. The van der Waals surface area contributed by atoms with Crippen molar-refractivity contribution in [2.24, 2.45) is 0 Å². The van der Waals surface area contributed by atoms with Gasteiger partial charge < -0.3 is 9.42 Å². The predicted octanol–water partition coefficient (Wildman–Crippen LogP) is 2.89. The molecule has 0 aliphatic carbocycles. The Morgan fingerprint density at radius 2 is 1.88 bits per heavy atom. The Morgan fingerprint density at radius 3 is 2.58 bits per heavy atom. The minimum absolute atomic E-state index is 0.217. The first kappa shape index (κ1) is 17.1. The maximum Gasteiger partial charge on any atom is 0.208 e. The number of benzene rings is 1. The van der Waals surface area contributed by atoms with Crippen LogP contribution in [-0.2, 0) is 13.0 Å². The van der Waals surface area contributed by atoms with Crippen molar-refractivity contribution in [1.82, 2.24) is 20.3 Å². The van der Waals surface area contributed by atoms with Gasteiger partial charge in [-0.05, 0) is 24.6 Å². The molecular weight excluding hydrogens is 353 g/mol. The number of aryl methyl sites for hydroxylation is 1. The van der Waals surface area contributed by atoms with Crippen molar-refractivity contribution < 1.29 is 8.91 Å². The molecule has 26 heavy (non-hydrogen) atoms. The van der Waals surface area contributed by atoms with Crippen LogP contribution in [0.4, 0.5) is 9.52 Å². The number of hydrogen-bond donors (Lipinski definition) is 0. The molecular formula is C18H20FN5OS. The van der Waals surface area contributed by atoms with Gasteiger partial charge in [-0.25, -0.2) is 4.39 Å². The van der Waals surface area contributed by atoms with E-state index in [0.29, 0.717) is 6.42 Å². The van der Waals surface area contributed by atoms with E-state index in [2.05, 4.69) is 25.2 Å². The summed E-state index contributed by atoms with van der Waals surface area (Å²) in [5.41, 5.74) is 2.02. The number of piperazine rings is 1. The Bertz CT molecular complexity index is 855. The molecule has 1 fully saturated rings. The average molecular weight is 373 g/mol. The molecule has 0 unspecified atom stereocenters. The highest BCUT2D eigenvalue weighted by Crippen LogP contribution is 2.24. The van der Waals surface area contributed by atoms with Crippen LogP contribution in [0, 0.1) is 12.7 Å². The van der Waals surface area contributed by atoms with Gasteiger partial charge in [0.2, 0.25) is 5.13 Å². The van der Waals surface area contributed by atoms with Crippen molar-refractivity contribution in [1.29, 1.82) is 0 Å². The molecule has 0 radical (unpaired) electrons. The molecule has 3 aromatic rings. The molecule has 0 saturated carbocycles. The summed E-state index contributed by atoms with van der Waals surface area (Å²) in [6.45, 7) is 6.48. The molecule has 1 aromatic carbocycles. The fourth-order valence-electron chi connectivity index (χ4n) is 3.04. The number of anilines is 1. The van der Waals surface area contributed by atoms with Gasteiger partial charge in [0.05, 0.1) is 5.69 Å². The highest BCUT2D eigenvalue weighted by molar-refractivity contribution is 7.15. The molecule has 8 heteroatoms. The van der Waals surface area contributed by atoms with Crippen molar-refractivity contribution >= 4 is 16.5 Å². The minimum Gasteiger partial charge on any atom is -0.361 e. The largest absolute Gasteiger partial charge is 0.361 e. The van der Waals surface area contributed by atoms with Crippen LogP contribution in [0.5, 0.6) is 0 Å². The SMILES string of the molecule is Cc1cc(CN2CCN(c3nnc(Cc4ccc(F)cc4)s3)CC2)no1. The van der Waals surface area contributed by atoms with E-state index < -0.39 is 0 Å². The molecule has 2 aromatic heterocycles. The summed E-state index contributed by atoms with van der Waals surface area (Å²) in [6.07, 6.45) is 0.684. The molecule has 0 spiro atoms. The molecule has 4 rings (SSSR count). The summed E-state index contributed by atoms with van der Waals surface area (Å²) < 4.78 is 18.1. The monoisotopic (exact) mass is 373 g/mol. The standard InChI is InChI=1S/C18H20FN5OS/c1-13-10-16(22-25-13)12-23-6-8-24(9-7-23)18-21-20-17(26-18)11-14-2-4-15(19)5-3-14/h2-5,10H,6-9,11-12H2,1H3. The van der Waals surface area contributed by atoms with Crippen molar-refractivity contribution in [3.05, 3.63) is 58.2 Å². The van der Waals surface area contributed by atoms with Gasteiger partial charge in [-0.15, -0.1) is 10.2 Å². The van der Waals surface area contributed by atoms with Crippen molar-refractivity contribution in [2.75, 3.05) is 31.1 Å². The van der Waals surface area contributed by atoms with Gasteiger partial charge in [-0.2, -0.15) is 0 Å². The number of rotatable bonds is 5. The second-order valence-electron chi connectivity index (χ2n) is 6.47. The Balaban J connectivity index is 1.32. The zero-order chi connectivity index (χ0) is 17.9. The molecule has 6 nitrogen and oxygen atoms in total. The fourth-order valence-corrected chi connectivity index (χ4v) is 3.96. The maximum atomic E-state index is 13.0. The number of hydrogen-bond acceptors (Lipinski definition) is 7. The molecule has 0 amide bonds. The summed E-state index contributed by atoms with van der Waals surface area (Å²) in [6, 6.07) is 8.53. The fraction of sp³-hybridized carbons (Fsp3) is 0.389.